The van der Waals surface area contributed by atoms with Crippen molar-refractivity contribution in [1.29, 1.82) is 0 Å². The molecule has 160 valence electrons. The molecule has 0 aliphatic carbocycles. The number of anilines is 1. The van der Waals surface area contributed by atoms with E-state index in [0.717, 1.165) is 6.04 Å². The fraction of sp³-hybridized carbons (Fsp3) is 0.579. The predicted octanol–water partition coefficient (Wildman–Crippen LogP) is 3.30. The van der Waals surface area contributed by atoms with E-state index < -0.39 is 19.8 Å². The number of hydrogen-bond acceptors (Lipinski definition) is 6. The summed E-state index contributed by atoms with van der Waals surface area (Å²) in [4.78, 5) is 33.0. The first-order valence-corrected chi connectivity index (χ1v) is 13.2. The first-order chi connectivity index (χ1) is 13.4. The number of hydrogen-bond donors (Lipinski definition) is 1. The van der Waals surface area contributed by atoms with Crippen LogP contribution >= 0.6 is 0 Å². The Morgan fingerprint density at radius 1 is 1.28 bits per heavy atom. The Balaban J connectivity index is 2.12. The molecule has 29 heavy (non-hydrogen) atoms. The van der Waals surface area contributed by atoms with Crippen molar-refractivity contribution < 1.29 is 14.3 Å². The van der Waals surface area contributed by atoms with Crippen molar-refractivity contribution in [1.82, 2.24) is 19.3 Å². The summed E-state index contributed by atoms with van der Waals surface area (Å²) >= 11 is 0. The minimum absolute atomic E-state index is 0.222. The molecule has 0 aliphatic rings. The summed E-state index contributed by atoms with van der Waals surface area (Å²) in [6.07, 6.45) is 2.52. The zero-order chi connectivity index (χ0) is 21.8. The number of rotatable bonds is 7. The monoisotopic (exact) mass is 421 g/mol. The van der Waals surface area contributed by atoms with E-state index in [2.05, 4.69) is 34.9 Å². The molecule has 2 heterocycles. The van der Waals surface area contributed by atoms with E-state index in [-0.39, 0.29) is 23.9 Å². The van der Waals surface area contributed by atoms with Gasteiger partial charge in [-0.1, -0.05) is 19.6 Å². The summed E-state index contributed by atoms with van der Waals surface area (Å²) in [6, 6.07) is 2.59. The lowest BCUT2D eigenvalue weighted by Gasteiger charge is -2.19. The maximum atomic E-state index is 12.6. The second-order valence-corrected chi connectivity index (χ2v) is 14.7. The van der Waals surface area contributed by atoms with Gasteiger partial charge in [0.2, 0.25) is 0 Å². The van der Waals surface area contributed by atoms with Gasteiger partial charge in [-0.3, -0.25) is 19.5 Å². The number of nitrogens with zero attached hydrogens (tertiary/aromatic N) is 4. The fourth-order valence-corrected chi connectivity index (χ4v) is 3.12. The standard InChI is InChI=1S/C19H31N5O4Si/c1-19(2,3)28-18(26)22-15-8-9-20-16(21-15)14-12-24(23(4)17(14)25)13-27-10-11-29(5,6)7/h8-9,12H,10-11,13H2,1-7H3,(H,20,21,22,26). The highest BCUT2D eigenvalue weighted by Gasteiger charge is 2.18. The molecule has 0 radical (unpaired) electrons. The molecule has 0 saturated heterocycles. The molecular formula is C19H31N5O4Si. The van der Waals surface area contributed by atoms with Crippen LogP contribution in [0.5, 0.6) is 0 Å². The maximum Gasteiger partial charge on any atom is 0.413 e. The Labute approximate surface area is 172 Å². The molecule has 2 aromatic heterocycles. The van der Waals surface area contributed by atoms with Crippen molar-refractivity contribution in [3.8, 4) is 11.4 Å². The van der Waals surface area contributed by atoms with Crippen molar-refractivity contribution in [2.24, 2.45) is 7.05 Å². The van der Waals surface area contributed by atoms with Gasteiger partial charge in [-0.2, -0.15) is 0 Å². The van der Waals surface area contributed by atoms with Crippen LogP contribution in [0.2, 0.25) is 25.7 Å². The Hall–Kier alpha value is -2.46. The summed E-state index contributed by atoms with van der Waals surface area (Å²) in [5.41, 5.74) is -0.537. The largest absolute Gasteiger partial charge is 0.444 e. The first kappa shape index (κ1) is 22.8. The van der Waals surface area contributed by atoms with E-state index in [1.807, 2.05) is 0 Å². The van der Waals surface area contributed by atoms with E-state index in [1.165, 1.54) is 16.9 Å². The molecular weight excluding hydrogens is 390 g/mol. The van der Waals surface area contributed by atoms with Gasteiger partial charge in [0.25, 0.3) is 5.56 Å². The Morgan fingerprint density at radius 3 is 2.59 bits per heavy atom. The third kappa shape index (κ3) is 7.13. The van der Waals surface area contributed by atoms with Crippen LogP contribution in [0.25, 0.3) is 11.4 Å². The molecule has 0 fully saturated rings. The quantitative estimate of drug-likeness (QED) is 0.544. The van der Waals surface area contributed by atoms with E-state index in [9.17, 15) is 9.59 Å². The highest BCUT2D eigenvalue weighted by atomic mass is 28.3. The molecule has 0 spiro atoms. The van der Waals surface area contributed by atoms with Gasteiger partial charge >= 0.3 is 6.09 Å². The lowest BCUT2D eigenvalue weighted by Crippen LogP contribution is -2.27. The zero-order valence-electron chi connectivity index (χ0n) is 18.3. The summed E-state index contributed by atoms with van der Waals surface area (Å²) < 4.78 is 14.1. The molecule has 2 rings (SSSR count). The van der Waals surface area contributed by atoms with Crippen molar-refractivity contribution in [3.05, 3.63) is 28.8 Å². The fourth-order valence-electron chi connectivity index (χ4n) is 2.36. The molecule has 0 atom stereocenters. The topological polar surface area (TPSA) is 100 Å². The minimum atomic E-state index is -1.17. The van der Waals surface area contributed by atoms with Crippen LogP contribution < -0.4 is 10.9 Å². The van der Waals surface area contributed by atoms with Gasteiger partial charge in [-0.05, 0) is 32.9 Å². The van der Waals surface area contributed by atoms with Gasteiger partial charge in [0, 0.05) is 34.1 Å². The van der Waals surface area contributed by atoms with E-state index in [0.29, 0.717) is 12.2 Å². The lowest BCUT2D eigenvalue weighted by atomic mass is 10.2. The van der Waals surface area contributed by atoms with E-state index >= 15 is 0 Å². The molecule has 1 amide bonds. The number of amides is 1. The van der Waals surface area contributed by atoms with Gasteiger partial charge in [-0.25, -0.2) is 14.8 Å². The van der Waals surface area contributed by atoms with Crippen LogP contribution in [0, 0.1) is 0 Å². The van der Waals surface area contributed by atoms with Crippen LogP contribution in [0.3, 0.4) is 0 Å². The van der Waals surface area contributed by atoms with E-state index in [1.54, 1.807) is 38.7 Å². The van der Waals surface area contributed by atoms with Crippen LogP contribution in [0.4, 0.5) is 10.6 Å². The van der Waals surface area contributed by atoms with Crippen LogP contribution in [0.1, 0.15) is 20.8 Å². The average Bonchev–Trinajstić information content (AvgIpc) is 2.85. The lowest BCUT2D eigenvalue weighted by molar-refractivity contribution is 0.0635. The first-order valence-electron chi connectivity index (χ1n) is 9.53. The SMILES string of the molecule is Cn1c(=O)c(-c2nccc(NC(=O)OC(C)(C)C)n2)cn1COCC[Si](C)(C)C. The van der Waals surface area contributed by atoms with Crippen LogP contribution in [-0.2, 0) is 23.3 Å². The van der Waals surface area contributed by atoms with Crippen molar-refractivity contribution in [2.45, 2.75) is 58.8 Å². The smallest absolute Gasteiger partial charge is 0.413 e. The number of nitrogens with one attached hydrogen (secondary N) is 1. The van der Waals surface area contributed by atoms with Crippen LogP contribution in [0.15, 0.2) is 23.3 Å². The van der Waals surface area contributed by atoms with Gasteiger partial charge < -0.3 is 9.47 Å². The zero-order valence-corrected chi connectivity index (χ0v) is 19.3. The molecule has 9 nitrogen and oxygen atoms in total. The highest BCUT2D eigenvalue weighted by Crippen LogP contribution is 2.15. The van der Waals surface area contributed by atoms with Gasteiger partial charge in [-0.15, -0.1) is 0 Å². The molecule has 2 aromatic rings. The van der Waals surface area contributed by atoms with Crippen molar-refractivity contribution >= 4 is 20.0 Å². The third-order valence-corrected chi connectivity index (χ3v) is 5.64. The predicted molar refractivity (Wildman–Crippen MR) is 115 cm³/mol. The number of carbonyl (C=O) groups is 1. The van der Waals surface area contributed by atoms with Gasteiger partial charge in [0.1, 0.15) is 23.7 Å². The average molecular weight is 422 g/mol. The summed E-state index contributed by atoms with van der Waals surface area (Å²) in [6.45, 7) is 13.1. The summed E-state index contributed by atoms with van der Waals surface area (Å²) in [7, 11) is 0.493. The van der Waals surface area contributed by atoms with Crippen molar-refractivity contribution in [2.75, 3.05) is 11.9 Å². The van der Waals surface area contributed by atoms with Gasteiger partial charge in [0.05, 0.1) is 0 Å². The molecule has 0 aliphatic heterocycles. The second-order valence-electron chi connectivity index (χ2n) is 9.05. The Kier molecular flexibility index (Phi) is 7.01. The second kappa shape index (κ2) is 8.91. The minimum Gasteiger partial charge on any atom is -0.444 e. The Morgan fingerprint density at radius 2 is 1.97 bits per heavy atom. The maximum absolute atomic E-state index is 12.6. The Bertz CT molecular complexity index is 909. The summed E-state index contributed by atoms with van der Waals surface area (Å²) in [5, 5.41) is 2.56. The third-order valence-electron chi connectivity index (χ3n) is 3.93. The summed E-state index contributed by atoms with van der Waals surface area (Å²) in [5.74, 6) is 0.477. The number of aromatic nitrogens is 4. The van der Waals surface area contributed by atoms with Crippen LogP contribution in [-0.4, -0.2) is 45.7 Å². The highest BCUT2D eigenvalue weighted by molar-refractivity contribution is 6.76. The molecule has 0 unspecified atom stereocenters. The molecule has 0 bridgehead atoms. The molecule has 10 heteroatoms. The normalized spacial score (nSPS) is 12.1. The van der Waals surface area contributed by atoms with E-state index in [4.69, 9.17) is 9.47 Å². The molecule has 0 saturated carbocycles. The number of ether oxygens (including phenoxy) is 2. The number of carbonyl (C=O) groups excluding carboxylic acids is 1. The van der Waals surface area contributed by atoms with Gasteiger partial charge in [0.15, 0.2) is 5.82 Å². The molecule has 1 N–H and O–H groups in total. The molecule has 0 aromatic carbocycles. The van der Waals surface area contributed by atoms with Crippen molar-refractivity contribution in [3.63, 3.8) is 0 Å².